The maximum absolute atomic E-state index is 13.0. The van der Waals surface area contributed by atoms with Crippen LogP contribution in [0, 0.1) is 6.92 Å². The van der Waals surface area contributed by atoms with Gasteiger partial charge in [-0.1, -0.05) is 18.2 Å². The van der Waals surface area contributed by atoms with Crippen LogP contribution in [0.3, 0.4) is 0 Å². The number of rotatable bonds is 5. The number of hydrogen-bond donors (Lipinski definition) is 1. The van der Waals surface area contributed by atoms with Crippen LogP contribution in [0.4, 0.5) is 5.00 Å². The predicted octanol–water partition coefficient (Wildman–Crippen LogP) is 4.55. The van der Waals surface area contributed by atoms with Gasteiger partial charge in [0.25, 0.3) is 5.91 Å². The minimum atomic E-state index is -0.362. The molecule has 0 spiro atoms. The van der Waals surface area contributed by atoms with Crippen molar-refractivity contribution in [2.45, 2.75) is 39.5 Å². The van der Waals surface area contributed by atoms with Gasteiger partial charge >= 0.3 is 5.97 Å². The average molecular weight is 410 g/mol. The zero-order valence-electron chi connectivity index (χ0n) is 16.5. The van der Waals surface area contributed by atoms with Crippen LogP contribution >= 0.6 is 11.3 Å². The van der Waals surface area contributed by atoms with E-state index in [2.05, 4.69) is 10.4 Å². The first-order valence-electron chi connectivity index (χ1n) is 9.83. The smallest absolute Gasteiger partial charge is 0.341 e. The first-order valence-corrected chi connectivity index (χ1v) is 10.6. The molecule has 2 heterocycles. The summed E-state index contributed by atoms with van der Waals surface area (Å²) >= 11 is 1.49. The van der Waals surface area contributed by atoms with E-state index in [1.165, 1.54) is 16.2 Å². The summed E-state index contributed by atoms with van der Waals surface area (Å²) in [5.74, 6) is -0.632. The van der Waals surface area contributed by atoms with Gasteiger partial charge < -0.3 is 10.1 Å². The molecule has 3 aromatic rings. The van der Waals surface area contributed by atoms with E-state index in [9.17, 15) is 9.59 Å². The van der Waals surface area contributed by atoms with Crippen molar-refractivity contribution in [3.05, 3.63) is 63.8 Å². The minimum absolute atomic E-state index is 0.270. The molecule has 1 aromatic carbocycles. The Morgan fingerprint density at radius 1 is 1.21 bits per heavy atom. The lowest BCUT2D eigenvalue weighted by Crippen LogP contribution is -2.16. The second kappa shape index (κ2) is 8.21. The van der Waals surface area contributed by atoms with E-state index >= 15 is 0 Å². The van der Waals surface area contributed by atoms with E-state index in [0.29, 0.717) is 22.7 Å². The summed E-state index contributed by atoms with van der Waals surface area (Å²) in [5.41, 5.74) is 3.67. The fraction of sp³-hybridized carbons (Fsp3) is 0.318. The molecule has 0 aliphatic heterocycles. The Morgan fingerprint density at radius 2 is 1.97 bits per heavy atom. The molecule has 29 heavy (non-hydrogen) atoms. The maximum atomic E-state index is 13.0. The molecule has 2 aromatic heterocycles. The van der Waals surface area contributed by atoms with E-state index in [4.69, 9.17) is 4.74 Å². The van der Waals surface area contributed by atoms with Crippen molar-refractivity contribution in [2.75, 3.05) is 11.9 Å². The summed E-state index contributed by atoms with van der Waals surface area (Å²) in [6, 6.07) is 9.67. The van der Waals surface area contributed by atoms with Gasteiger partial charge in [-0.15, -0.1) is 11.3 Å². The monoisotopic (exact) mass is 409 g/mol. The molecule has 7 heteroatoms. The van der Waals surface area contributed by atoms with Crippen LogP contribution in [0.5, 0.6) is 0 Å². The van der Waals surface area contributed by atoms with Crippen molar-refractivity contribution in [2.24, 2.45) is 0 Å². The summed E-state index contributed by atoms with van der Waals surface area (Å²) in [7, 11) is 0. The molecule has 0 atom stereocenters. The van der Waals surface area contributed by atoms with Gasteiger partial charge in [-0.2, -0.15) is 5.10 Å². The topological polar surface area (TPSA) is 73.2 Å². The van der Waals surface area contributed by atoms with E-state index in [1.54, 1.807) is 17.8 Å². The number of esters is 1. The number of thiophene rings is 1. The standard InChI is InChI=1S/C22H23N3O3S/c1-3-28-22(27)19-16-11-7-8-12-18(16)29-21(19)24-20(26)17-13-23-25(14(17)2)15-9-5-4-6-10-15/h4-6,9-10,13H,3,7-8,11-12H2,1-2H3,(H,24,26). The quantitative estimate of drug-likeness (QED) is 0.628. The van der Waals surface area contributed by atoms with Crippen LogP contribution in [0.25, 0.3) is 5.69 Å². The Hall–Kier alpha value is -2.93. The van der Waals surface area contributed by atoms with Crippen molar-refractivity contribution in [3.63, 3.8) is 0 Å². The largest absolute Gasteiger partial charge is 0.462 e. The highest BCUT2D eigenvalue weighted by atomic mass is 32.1. The number of anilines is 1. The molecule has 0 saturated heterocycles. The van der Waals surface area contributed by atoms with Gasteiger partial charge in [-0.05, 0) is 57.2 Å². The molecular formula is C22H23N3O3S. The fourth-order valence-electron chi connectivity index (χ4n) is 3.71. The maximum Gasteiger partial charge on any atom is 0.341 e. The molecule has 0 fully saturated rings. The summed E-state index contributed by atoms with van der Waals surface area (Å²) < 4.78 is 7.00. The molecule has 1 aliphatic carbocycles. The van der Waals surface area contributed by atoms with Crippen LogP contribution in [-0.2, 0) is 17.6 Å². The highest BCUT2D eigenvalue weighted by molar-refractivity contribution is 7.17. The van der Waals surface area contributed by atoms with E-state index in [0.717, 1.165) is 42.6 Å². The number of aryl methyl sites for hydroxylation is 1. The summed E-state index contributed by atoms with van der Waals surface area (Å²) in [6.07, 6.45) is 5.50. The Kier molecular flexibility index (Phi) is 5.49. The van der Waals surface area contributed by atoms with Gasteiger partial charge in [0.2, 0.25) is 0 Å². The number of carbonyl (C=O) groups excluding carboxylic acids is 2. The summed E-state index contributed by atoms with van der Waals surface area (Å²) in [4.78, 5) is 26.8. The molecule has 4 rings (SSSR count). The molecule has 150 valence electrons. The minimum Gasteiger partial charge on any atom is -0.462 e. The normalized spacial score (nSPS) is 13.0. The third kappa shape index (κ3) is 3.70. The van der Waals surface area contributed by atoms with Crippen molar-refractivity contribution in [1.29, 1.82) is 0 Å². The lowest BCUT2D eigenvalue weighted by atomic mass is 9.95. The van der Waals surface area contributed by atoms with Crippen LogP contribution in [0.15, 0.2) is 36.5 Å². The van der Waals surface area contributed by atoms with Crippen molar-refractivity contribution in [3.8, 4) is 5.69 Å². The molecule has 0 unspecified atom stereocenters. The average Bonchev–Trinajstić information content (AvgIpc) is 3.29. The number of nitrogens with one attached hydrogen (secondary N) is 1. The molecule has 6 nitrogen and oxygen atoms in total. The van der Waals surface area contributed by atoms with Crippen LogP contribution in [0.1, 0.15) is 56.6 Å². The molecular weight excluding hydrogens is 386 g/mol. The molecule has 1 aliphatic rings. The first kappa shape index (κ1) is 19.4. The van der Waals surface area contributed by atoms with Gasteiger partial charge in [-0.3, -0.25) is 4.79 Å². The van der Waals surface area contributed by atoms with Crippen molar-refractivity contribution in [1.82, 2.24) is 9.78 Å². The van der Waals surface area contributed by atoms with E-state index in [1.807, 2.05) is 37.3 Å². The lowest BCUT2D eigenvalue weighted by Gasteiger charge is -2.12. The third-order valence-corrected chi connectivity index (χ3v) is 6.34. The van der Waals surface area contributed by atoms with E-state index in [-0.39, 0.29) is 11.9 Å². The summed E-state index contributed by atoms with van der Waals surface area (Å²) in [6.45, 7) is 3.96. The zero-order chi connectivity index (χ0) is 20.4. The number of ether oxygens (including phenoxy) is 1. The number of para-hydroxylation sites is 1. The fourth-order valence-corrected chi connectivity index (χ4v) is 4.98. The van der Waals surface area contributed by atoms with Gasteiger partial charge in [0.05, 0.1) is 35.3 Å². The Bertz CT molecular complexity index is 1050. The van der Waals surface area contributed by atoms with Gasteiger partial charge in [0.15, 0.2) is 0 Å². The number of benzene rings is 1. The van der Waals surface area contributed by atoms with Crippen LogP contribution in [-0.4, -0.2) is 28.3 Å². The Balaban J connectivity index is 1.65. The van der Waals surface area contributed by atoms with Crippen LogP contribution in [0.2, 0.25) is 0 Å². The first-order chi connectivity index (χ1) is 14.1. The zero-order valence-corrected chi connectivity index (χ0v) is 17.3. The second-order valence-corrected chi connectivity index (χ2v) is 8.09. The Morgan fingerprint density at radius 3 is 2.72 bits per heavy atom. The Labute approximate surface area is 173 Å². The van der Waals surface area contributed by atoms with Gasteiger partial charge in [-0.25, -0.2) is 9.48 Å². The van der Waals surface area contributed by atoms with Crippen molar-refractivity contribution < 1.29 is 14.3 Å². The highest BCUT2D eigenvalue weighted by Gasteiger charge is 2.28. The van der Waals surface area contributed by atoms with E-state index < -0.39 is 0 Å². The second-order valence-electron chi connectivity index (χ2n) is 6.98. The number of amides is 1. The third-order valence-electron chi connectivity index (χ3n) is 5.13. The summed E-state index contributed by atoms with van der Waals surface area (Å²) in [5, 5.41) is 7.90. The highest BCUT2D eigenvalue weighted by Crippen LogP contribution is 2.39. The number of hydrogen-bond acceptors (Lipinski definition) is 5. The number of carbonyl (C=O) groups is 2. The van der Waals surface area contributed by atoms with Crippen LogP contribution < -0.4 is 5.32 Å². The predicted molar refractivity (Wildman–Crippen MR) is 113 cm³/mol. The lowest BCUT2D eigenvalue weighted by molar-refractivity contribution is 0.0526. The SMILES string of the molecule is CCOC(=O)c1c(NC(=O)c2cnn(-c3ccccc3)c2C)sc2c1CCCC2. The molecule has 0 radical (unpaired) electrons. The van der Waals surface area contributed by atoms with Gasteiger partial charge in [0, 0.05) is 4.88 Å². The number of fused-ring (bicyclic) bond motifs is 1. The molecule has 0 bridgehead atoms. The number of aromatic nitrogens is 2. The van der Waals surface area contributed by atoms with Crippen molar-refractivity contribution >= 4 is 28.2 Å². The number of nitrogens with zero attached hydrogens (tertiary/aromatic N) is 2. The molecule has 1 amide bonds. The molecule has 1 N–H and O–H groups in total. The molecule has 0 saturated carbocycles. The van der Waals surface area contributed by atoms with Gasteiger partial charge in [0.1, 0.15) is 5.00 Å².